The molecule has 2 aromatic carbocycles. The topological polar surface area (TPSA) is 29.5 Å². The molecule has 1 atom stereocenters. The van der Waals surface area contributed by atoms with E-state index in [1.807, 2.05) is 6.92 Å². The zero-order chi connectivity index (χ0) is 14.7. The van der Waals surface area contributed by atoms with Gasteiger partial charge < -0.3 is 9.84 Å². The fourth-order valence-corrected chi connectivity index (χ4v) is 2.35. The van der Waals surface area contributed by atoms with Gasteiger partial charge in [0.2, 0.25) is 0 Å². The Labute approximate surface area is 130 Å². The standard InChI is InChI=1S/C15H13BrClFO2/c1-2-20-10-5-3-4-9(8-10)15(19)11-6-7-12(16)13(17)14(11)18/h3-8,15,19H,2H2,1H3. The molecule has 1 N–H and O–H groups in total. The van der Waals surface area contributed by atoms with Crippen molar-refractivity contribution in [3.63, 3.8) is 0 Å². The molecule has 0 heterocycles. The average molecular weight is 360 g/mol. The van der Waals surface area contributed by atoms with Crippen molar-refractivity contribution < 1.29 is 14.2 Å². The summed E-state index contributed by atoms with van der Waals surface area (Å²) in [4.78, 5) is 0. The van der Waals surface area contributed by atoms with Gasteiger partial charge in [0.15, 0.2) is 0 Å². The quantitative estimate of drug-likeness (QED) is 0.800. The molecule has 0 fully saturated rings. The van der Waals surface area contributed by atoms with E-state index < -0.39 is 11.9 Å². The predicted molar refractivity (Wildman–Crippen MR) is 80.8 cm³/mol. The zero-order valence-corrected chi connectivity index (χ0v) is 13.1. The van der Waals surface area contributed by atoms with E-state index in [-0.39, 0.29) is 10.6 Å². The molecule has 0 radical (unpaired) electrons. The number of rotatable bonds is 4. The molecule has 5 heteroatoms. The molecule has 0 aliphatic carbocycles. The molecular formula is C15H13BrClFO2. The lowest BCUT2D eigenvalue weighted by Gasteiger charge is -2.15. The first-order valence-corrected chi connectivity index (χ1v) is 7.26. The monoisotopic (exact) mass is 358 g/mol. The van der Waals surface area contributed by atoms with Gasteiger partial charge in [0.25, 0.3) is 0 Å². The Morgan fingerprint density at radius 1 is 1.35 bits per heavy atom. The summed E-state index contributed by atoms with van der Waals surface area (Å²) in [6.45, 7) is 2.40. The molecule has 0 aromatic heterocycles. The van der Waals surface area contributed by atoms with Crippen LogP contribution in [0.15, 0.2) is 40.9 Å². The van der Waals surface area contributed by atoms with Crippen molar-refractivity contribution in [1.82, 2.24) is 0 Å². The second-order valence-electron chi connectivity index (χ2n) is 4.17. The highest BCUT2D eigenvalue weighted by Gasteiger charge is 2.19. The fourth-order valence-electron chi connectivity index (χ4n) is 1.87. The summed E-state index contributed by atoms with van der Waals surface area (Å²) in [7, 11) is 0. The van der Waals surface area contributed by atoms with Gasteiger partial charge in [0.1, 0.15) is 17.7 Å². The third-order valence-electron chi connectivity index (χ3n) is 2.84. The first-order chi connectivity index (χ1) is 9.54. The van der Waals surface area contributed by atoms with E-state index in [4.69, 9.17) is 16.3 Å². The van der Waals surface area contributed by atoms with Crippen LogP contribution in [0.25, 0.3) is 0 Å². The lowest BCUT2D eigenvalue weighted by atomic mass is 10.0. The largest absolute Gasteiger partial charge is 0.494 e. The van der Waals surface area contributed by atoms with Crippen molar-refractivity contribution in [3.05, 3.63) is 62.8 Å². The number of hydrogen-bond donors (Lipinski definition) is 1. The third-order valence-corrected chi connectivity index (χ3v) is 4.10. The maximum absolute atomic E-state index is 14.1. The number of aliphatic hydroxyl groups is 1. The van der Waals surface area contributed by atoms with Crippen LogP contribution < -0.4 is 4.74 Å². The normalized spacial score (nSPS) is 12.2. The van der Waals surface area contributed by atoms with Crippen molar-refractivity contribution in [2.75, 3.05) is 6.61 Å². The molecule has 0 saturated carbocycles. The number of hydrogen-bond acceptors (Lipinski definition) is 2. The molecule has 1 unspecified atom stereocenters. The Morgan fingerprint density at radius 3 is 2.80 bits per heavy atom. The molecule has 0 bridgehead atoms. The Kier molecular flexibility index (Phi) is 5.02. The van der Waals surface area contributed by atoms with Crippen LogP contribution in [0, 0.1) is 5.82 Å². The molecule has 0 saturated heterocycles. The molecular weight excluding hydrogens is 347 g/mol. The number of aliphatic hydroxyl groups excluding tert-OH is 1. The highest BCUT2D eigenvalue weighted by molar-refractivity contribution is 9.10. The predicted octanol–water partition coefficient (Wildman–Crippen LogP) is 4.72. The number of ether oxygens (including phenoxy) is 1. The highest BCUT2D eigenvalue weighted by atomic mass is 79.9. The smallest absolute Gasteiger partial charge is 0.149 e. The third kappa shape index (κ3) is 3.14. The minimum Gasteiger partial charge on any atom is -0.494 e. The second-order valence-corrected chi connectivity index (χ2v) is 5.40. The van der Waals surface area contributed by atoms with Crippen LogP contribution in [-0.4, -0.2) is 11.7 Å². The fraction of sp³-hybridized carbons (Fsp3) is 0.200. The van der Waals surface area contributed by atoms with Crippen LogP contribution >= 0.6 is 27.5 Å². The van der Waals surface area contributed by atoms with Crippen LogP contribution in [0.2, 0.25) is 5.02 Å². The van der Waals surface area contributed by atoms with E-state index in [9.17, 15) is 9.50 Å². The Hall–Kier alpha value is -1.10. The Morgan fingerprint density at radius 2 is 2.10 bits per heavy atom. The SMILES string of the molecule is CCOc1cccc(C(O)c2ccc(Br)c(Cl)c2F)c1. The van der Waals surface area contributed by atoms with E-state index in [1.165, 1.54) is 6.07 Å². The highest BCUT2D eigenvalue weighted by Crippen LogP contribution is 2.33. The molecule has 0 spiro atoms. The summed E-state index contributed by atoms with van der Waals surface area (Å²) in [5.41, 5.74) is 0.681. The van der Waals surface area contributed by atoms with Gasteiger partial charge in [0.05, 0.1) is 11.6 Å². The Balaban J connectivity index is 2.38. The average Bonchev–Trinajstić information content (AvgIpc) is 2.45. The molecule has 2 rings (SSSR count). The van der Waals surface area contributed by atoms with Gasteiger partial charge in [-0.15, -0.1) is 0 Å². The van der Waals surface area contributed by atoms with E-state index in [1.54, 1.807) is 30.3 Å². The van der Waals surface area contributed by atoms with Crippen LogP contribution in [0.3, 0.4) is 0 Å². The lowest BCUT2D eigenvalue weighted by Crippen LogP contribution is -2.04. The summed E-state index contributed by atoms with van der Waals surface area (Å²) >= 11 is 8.98. The van der Waals surface area contributed by atoms with Crippen molar-refractivity contribution in [2.24, 2.45) is 0 Å². The Bertz CT molecular complexity index is 619. The van der Waals surface area contributed by atoms with Crippen LogP contribution in [-0.2, 0) is 0 Å². The first-order valence-electron chi connectivity index (χ1n) is 6.08. The molecule has 2 aromatic rings. The van der Waals surface area contributed by atoms with Gasteiger partial charge in [-0.3, -0.25) is 0 Å². The van der Waals surface area contributed by atoms with Crippen molar-refractivity contribution in [2.45, 2.75) is 13.0 Å². The van der Waals surface area contributed by atoms with E-state index in [0.717, 1.165) is 0 Å². The summed E-state index contributed by atoms with van der Waals surface area (Å²) in [6.07, 6.45) is -1.10. The maximum Gasteiger partial charge on any atom is 0.149 e. The summed E-state index contributed by atoms with van der Waals surface area (Å²) in [5, 5.41) is 10.3. The van der Waals surface area contributed by atoms with Crippen molar-refractivity contribution in [1.29, 1.82) is 0 Å². The van der Waals surface area contributed by atoms with E-state index in [2.05, 4.69) is 15.9 Å². The van der Waals surface area contributed by atoms with Gasteiger partial charge in [-0.25, -0.2) is 4.39 Å². The molecule has 0 amide bonds. The molecule has 0 aliphatic rings. The van der Waals surface area contributed by atoms with Gasteiger partial charge in [-0.2, -0.15) is 0 Å². The molecule has 0 aliphatic heterocycles. The van der Waals surface area contributed by atoms with Gasteiger partial charge in [0, 0.05) is 10.0 Å². The number of benzene rings is 2. The molecule has 106 valence electrons. The van der Waals surface area contributed by atoms with Gasteiger partial charge in [-0.1, -0.05) is 29.8 Å². The molecule has 20 heavy (non-hydrogen) atoms. The summed E-state index contributed by atoms with van der Waals surface area (Å²) in [5.74, 6) is 0.00280. The van der Waals surface area contributed by atoms with Crippen molar-refractivity contribution >= 4 is 27.5 Å². The number of halogens is 3. The summed E-state index contributed by atoms with van der Waals surface area (Å²) < 4.78 is 19.9. The van der Waals surface area contributed by atoms with Gasteiger partial charge in [-0.05, 0) is 46.6 Å². The maximum atomic E-state index is 14.1. The van der Waals surface area contributed by atoms with Crippen LogP contribution in [0.1, 0.15) is 24.2 Å². The van der Waals surface area contributed by atoms with E-state index >= 15 is 0 Å². The molecule has 2 nitrogen and oxygen atoms in total. The summed E-state index contributed by atoms with van der Waals surface area (Å²) in [6, 6.07) is 10.0. The second kappa shape index (κ2) is 6.57. The van der Waals surface area contributed by atoms with Crippen molar-refractivity contribution in [3.8, 4) is 5.75 Å². The van der Waals surface area contributed by atoms with Crippen LogP contribution in [0.4, 0.5) is 4.39 Å². The zero-order valence-electron chi connectivity index (χ0n) is 10.7. The first kappa shape index (κ1) is 15.3. The minimum absolute atomic E-state index is 0.0393. The van der Waals surface area contributed by atoms with Gasteiger partial charge >= 0.3 is 0 Å². The van der Waals surface area contributed by atoms with E-state index in [0.29, 0.717) is 22.4 Å². The lowest BCUT2D eigenvalue weighted by molar-refractivity contribution is 0.214. The minimum atomic E-state index is -1.10. The van der Waals surface area contributed by atoms with Crippen LogP contribution in [0.5, 0.6) is 5.75 Å².